The van der Waals surface area contributed by atoms with Crippen molar-refractivity contribution in [2.75, 3.05) is 19.0 Å². The maximum Gasteiger partial charge on any atom is 0.182 e. The number of nitrogens with one attached hydrogen (secondary N) is 1. The maximum atomic E-state index is 15.0. The second-order valence-electron chi connectivity index (χ2n) is 11.2. The average molecular weight is 571 g/mol. The molecular weight excluding hydrogens is 538 g/mol. The predicted octanol–water partition coefficient (Wildman–Crippen LogP) is 6.88. The van der Waals surface area contributed by atoms with Crippen LogP contribution < -0.4 is 14.8 Å². The molecule has 0 amide bonds. The normalized spacial score (nSPS) is 14.0. The number of pyridine rings is 1. The SMILES string of the molecule is CCOc1cc(F)c(Cn2nc(-c3nc4c(c(Nc5ccncc5OC)n3)CC(C)(C)CC4)c3ccccc32)c(F)c1. The van der Waals surface area contributed by atoms with E-state index < -0.39 is 11.6 Å². The highest BCUT2D eigenvalue weighted by Gasteiger charge is 2.30. The van der Waals surface area contributed by atoms with Gasteiger partial charge in [-0.2, -0.15) is 5.10 Å². The van der Waals surface area contributed by atoms with Crippen LogP contribution in [0.5, 0.6) is 11.5 Å². The van der Waals surface area contributed by atoms with Crippen LogP contribution in [0.15, 0.2) is 54.9 Å². The largest absolute Gasteiger partial charge is 0.494 e. The van der Waals surface area contributed by atoms with Crippen LogP contribution in [-0.2, 0) is 19.4 Å². The summed E-state index contributed by atoms with van der Waals surface area (Å²) in [5.74, 6) is 0.477. The molecule has 42 heavy (non-hydrogen) atoms. The molecule has 1 N–H and O–H groups in total. The molecule has 10 heteroatoms. The Labute approximate surface area is 242 Å². The fourth-order valence-corrected chi connectivity index (χ4v) is 5.47. The number of fused-ring (bicyclic) bond motifs is 2. The number of methoxy groups -OCH3 is 1. The maximum absolute atomic E-state index is 15.0. The van der Waals surface area contributed by atoms with Crippen LogP contribution >= 0.6 is 0 Å². The smallest absolute Gasteiger partial charge is 0.182 e. The van der Waals surface area contributed by atoms with Gasteiger partial charge in [-0.15, -0.1) is 0 Å². The third kappa shape index (κ3) is 5.24. The van der Waals surface area contributed by atoms with Crippen molar-refractivity contribution in [2.45, 2.75) is 46.6 Å². The number of rotatable bonds is 8. The molecule has 8 nitrogen and oxygen atoms in total. The summed E-state index contributed by atoms with van der Waals surface area (Å²) in [6.07, 6.45) is 5.93. The van der Waals surface area contributed by atoms with Crippen LogP contribution in [0.2, 0.25) is 0 Å². The Morgan fingerprint density at radius 1 is 1.07 bits per heavy atom. The van der Waals surface area contributed by atoms with E-state index in [1.807, 2.05) is 30.3 Å². The van der Waals surface area contributed by atoms with E-state index in [1.165, 1.54) is 12.1 Å². The van der Waals surface area contributed by atoms with E-state index in [1.54, 1.807) is 31.1 Å². The summed E-state index contributed by atoms with van der Waals surface area (Å²) in [7, 11) is 1.60. The molecule has 1 aliphatic carbocycles. The molecule has 2 aromatic carbocycles. The molecule has 0 aliphatic heterocycles. The van der Waals surface area contributed by atoms with E-state index in [2.05, 4.69) is 24.1 Å². The molecule has 0 spiro atoms. The summed E-state index contributed by atoms with van der Waals surface area (Å²) < 4.78 is 42.4. The number of para-hydroxylation sites is 1. The molecule has 0 atom stereocenters. The highest BCUT2D eigenvalue weighted by molar-refractivity contribution is 5.92. The van der Waals surface area contributed by atoms with Crippen molar-refractivity contribution in [3.05, 3.63) is 83.3 Å². The van der Waals surface area contributed by atoms with Gasteiger partial charge in [0.1, 0.15) is 28.9 Å². The topological polar surface area (TPSA) is 87.0 Å². The monoisotopic (exact) mass is 570 g/mol. The number of hydrogen-bond donors (Lipinski definition) is 1. The second-order valence-corrected chi connectivity index (χ2v) is 11.2. The minimum absolute atomic E-state index is 0.0940. The fourth-order valence-electron chi connectivity index (χ4n) is 5.47. The van der Waals surface area contributed by atoms with Crippen LogP contribution in [0.3, 0.4) is 0 Å². The van der Waals surface area contributed by atoms with Gasteiger partial charge in [0.25, 0.3) is 0 Å². The highest BCUT2D eigenvalue weighted by atomic mass is 19.1. The lowest BCUT2D eigenvalue weighted by Gasteiger charge is -2.32. The lowest BCUT2D eigenvalue weighted by atomic mass is 9.76. The standard InChI is InChI=1S/C32H32F2N6O2/c1-5-42-19-14-23(33)22(24(34)15-19)18-40-27-9-7-6-8-20(27)29(39-40)31-36-25-10-12-32(2,3)16-21(25)30(38-31)37-26-11-13-35-17-28(26)41-4/h6-9,11,13-15,17H,5,10,12,16,18H2,1-4H3,(H,35,36,37,38). The van der Waals surface area contributed by atoms with Gasteiger partial charge in [0.2, 0.25) is 0 Å². The van der Waals surface area contributed by atoms with Gasteiger partial charge in [0, 0.05) is 40.5 Å². The van der Waals surface area contributed by atoms with E-state index in [0.717, 1.165) is 41.6 Å². The molecule has 3 heterocycles. The van der Waals surface area contributed by atoms with Crippen molar-refractivity contribution in [2.24, 2.45) is 5.41 Å². The third-order valence-corrected chi connectivity index (χ3v) is 7.65. The van der Waals surface area contributed by atoms with E-state index >= 15 is 8.78 Å². The number of hydrogen-bond acceptors (Lipinski definition) is 7. The Bertz CT molecular complexity index is 1760. The van der Waals surface area contributed by atoms with Crippen LogP contribution in [0, 0.1) is 17.0 Å². The summed E-state index contributed by atoms with van der Waals surface area (Å²) in [6.45, 7) is 6.46. The Morgan fingerprint density at radius 2 is 1.86 bits per heavy atom. The Kier molecular flexibility index (Phi) is 7.22. The van der Waals surface area contributed by atoms with E-state index in [9.17, 15) is 0 Å². The molecule has 6 rings (SSSR count). The predicted molar refractivity (Wildman–Crippen MR) is 157 cm³/mol. The summed E-state index contributed by atoms with van der Waals surface area (Å²) in [6, 6.07) is 11.8. The molecule has 1 aliphatic rings. The first-order valence-corrected chi connectivity index (χ1v) is 14.0. The van der Waals surface area contributed by atoms with Crippen molar-refractivity contribution in [1.82, 2.24) is 24.7 Å². The van der Waals surface area contributed by atoms with Crippen LogP contribution in [0.4, 0.5) is 20.3 Å². The molecule has 216 valence electrons. The van der Waals surface area contributed by atoms with Crippen LogP contribution in [-0.4, -0.2) is 38.4 Å². The van der Waals surface area contributed by atoms with Gasteiger partial charge in [0.15, 0.2) is 11.6 Å². The molecule has 0 saturated carbocycles. The Morgan fingerprint density at radius 3 is 2.62 bits per heavy atom. The number of ether oxygens (including phenoxy) is 2. The van der Waals surface area contributed by atoms with Gasteiger partial charge in [-0.3, -0.25) is 9.67 Å². The van der Waals surface area contributed by atoms with E-state index in [4.69, 9.17) is 24.5 Å². The first kappa shape index (κ1) is 27.6. The number of halogens is 2. The molecule has 0 unspecified atom stereocenters. The Balaban J connectivity index is 1.47. The third-order valence-electron chi connectivity index (χ3n) is 7.65. The van der Waals surface area contributed by atoms with Gasteiger partial charge >= 0.3 is 0 Å². The lowest BCUT2D eigenvalue weighted by molar-refractivity contribution is 0.312. The van der Waals surface area contributed by atoms with Gasteiger partial charge in [0.05, 0.1) is 37.7 Å². The summed E-state index contributed by atoms with van der Waals surface area (Å²) >= 11 is 0. The number of aromatic nitrogens is 5. The average Bonchev–Trinajstić information content (AvgIpc) is 3.34. The Hall–Kier alpha value is -4.60. The highest BCUT2D eigenvalue weighted by Crippen LogP contribution is 2.40. The van der Waals surface area contributed by atoms with Gasteiger partial charge in [-0.25, -0.2) is 18.7 Å². The molecular formula is C32H32F2N6O2. The van der Waals surface area contributed by atoms with Crippen molar-refractivity contribution >= 4 is 22.4 Å². The number of nitrogens with zero attached hydrogens (tertiary/aromatic N) is 5. The van der Waals surface area contributed by atoms with Gasteiger partial charge in [-0.1, -0.05) is 32.0 Å². The molecule has 0 radical (unpaired) electrons. The molecule has 5 aromatic rings. The zero-order chi connectivity index (χ0) is 29.4. The number of benzene rings is 2. The van der Waals surface area contributed by atoms with Crippen LogP contribution in [0.1, 0.15) is 44.0 Å². The van der Waals surface area contributed by atoms with Crippen molar-refractivity contribution in [1.29, 1.82) is 0 Å². The lowest BCUT2D eigenvalue weighted by Crippen LogP contribution is -2.25. The zero-order valence-electron chi connectivity index (χ0n) is 24.0. The van der Waals surface area contributed by atoms with E-state index in [-0.39, 0.29) is 23.3 Å². The first-order valence-electron chi connectivity index (χ1n) is 14.0. The summed E-state index contributed by atoms with van der Waals surface area (Å²) in [4.78, 5) is 14.1. The second kappa shape index (κ2) is 11.0. The molecule has 0 bridgehead atoms. The minimum atomic E-state index is -0.690. The van der Waals surface area contributed by atoms with Gasteiger partial charge < -0.3 is 14.8 Å². The minimum Gasteiger partial charge on any atom is -0.494 e. The van der Waals surface area contributed by atoms with Crippen molar-refractivity contribution < 1.29 is 18.3 Å². The molecule has 0 saturated heterocycles. The van der Waals surface area contributed by atoms with Crippen molar-refractivity contribution in [3.8, 4) is 23.0 Å². The molecule has 0 fully saturated rings. The van der Waals surface area contributed by atoms with Crippen LogP contribution in [0.25, 0.3) is 22.4 Å². The fraction of sp³-hybridized carbons (Fsp3) is 0.312. The first-order chi connectivity index (χ1) is 20.3. The summed E-state index contributed by atoms with van der Waals surface area (Å²) in [5.41, 5.74) is 3.99. The summed E-state index contributed by atoms with van der Waals surface area (Å²) in [5, 5.41) is 9.07. The van der Waals surface area contributed by atoms with E-state index in [0.29, 0.717) is 35.2 Å². The van der Waals surface area contributed by atoms with Crippen molar-refractivity contribution in [3.63, 3.8) is 0 Å². The zero-order valence-corrected chi connectivity index (χ0v) is 24.0. The number of anilines is 2. The van der Waals surface area contributed by atoms with Gasteiger partial charge in [-0.05, 0) is 43.7 Å². The number of aryl methyl sites for hydroxylation is 1. The quantitative estimate of drug-likeness (QED) is 0.218. The molecule has 3 aromatic heterocycles.